The van der Waals surface area contributed by atoms with Gasteiger partial charge >= 0.3 is 0 Å². The molecule has 0 bridgehead atoms. The zero-order chi connectivity index (χ0) is 28.4. The van der Waals surface area contributed by atoms with E-state index in [1.54, 1.807) is 24.3 Å². The Morgan fingerprint density at radius 2 is 1.51 bits per heavy atom. The molecule has 5 nitrogen and oxygen atoms in total. The zero-order valence-electron chi connectivity index (χ0n) is 23.0. The highest BCUT2D eigenvalue weighted by molar-refractivity contribution is 5.94. The molecule has 7 heteroatoms. The van der Waals surface area contributed by atoms with Gasteiger partial charge in [0, 0.05) is 24.7 Å². The number of hydrogen-bond acceptors (Lipinski definition) is 4. The van der Waals surface area contributed by atoms with Crippen LogP contribution in [0.1, 0.15) is 72.3 Å². The Bertz CT molecular complexity index is 1200. The van der Waals surface area contributed by atoms with E-state index >= 15 is 0 Å². The van der Waals surface area contributed by atoms with Crippen LogP contribution in [0.4, 0.5) is 8.78 Å². The maximum atomic E-state index is 13.9. The van der Waals surface area contributed by atoms with Crippen LogP contribution in [0.2, 0.25) is 0 Å². The summed E-state index contributed by atoms with van der Waals surface area (Å²) in [4.78, 5) is 13.3. The summed E-state index contributed by atoms with van der Waals surface area (Å²) in [6, 6.07) is 17.3. The van der Waals surface area contributed by atoms with Crippen molar-refractivity contribution in [1.29, 1.82) is 0 Å². The van der Waals surface area contributed by atoms with Gasteiger partial charge in [0.1, 0.15) is 11.6 Å². The molecule has 0 radical (unpaired) electrons. The molecule has 1 amide bonds. The molecule has 0 fully saturated rings. The Morgan fingerprint density at radius 3 is 2.18 bits per heavy atom. The van der Waals surface area contributed by atoms with Crippen LogP contribution in [-0.4, -0.2) is 34.8 Å². The smallest absolute Gasteiger partial charge is 0.251 e. The molecule has 0 heterocycles. The molecule has 0 aliphatic heterocycles. The van der Waals surface area contributed by atoms with Crippen molar-refractivity contribution in [2.45, 2.75) is 71.2 Å². The Morgan fingerprint density at radius 1 is 0.846 bits per heavy atom. The van der Waals surface area contributed by atoms with Crippen LogP contribution in [-0.2, 0) is 19.4 Å². The van der Waals surface area contributed by atoms with Crippen molar-refractivity contribution in [3.63, 3.8) is 0 Å². The molecule has 4 N–H and O–H groups in total. The topological polar surface area (TPSA) is 81.6 Å². The fraction of sp³-hybridized carbons (Fsp3) is 0.406. The first kappa shape index (κ1) is 30.4. The van der Waals surface area contributed by atoms with Crippen LogP contribution in [0, 0.1) is 17.6 Å². The summed E-state index contributed by atoms with van der Waals surface area (Å²) in [6.45, 7) is 6.80. The third kappa shape index (κ3) is 8.95. The minimum atomic E-state index is -1.03. The number of nitrogens with one attached hydrogen (secondary N) is 2. The Kier molecular flexibility index (Phi) is 11.6. The summed E-state index contributed by atoms with van der Waals surface area (Å²) >= 11 is 0. The first-order valence-corrected chi connectivity index (χ1v) is 13.7. The monoisotopic (exact) mass is 538 g/mol. The number of rotatable bonds is 14. The molecule has 39 heavy (non-hydrogen) atoms. The van der Waals surface area contributed by atoms with Crippen molar-refractivity contribution >= 4 is 5.91 Å². The summed E-state index contributed by atoms with van der Waals surface area (Å²) in [5.41, 5.74) is 3.60. The number of amides is 1. The molecule has 0 saturated carbocycles. The van der Waals surface area contributed by atoms with E-state index in [1.807, 2.05) is 26.0 Å². The van der Waals surface area contributed by atoms with E-state index in [4.69, 9.17) is 0 Å². The number of halogens is 2. The summed E-state index contributed by atoms with van der Waals surface area (Å²) in [7, 11) is 0. The molecular formula is C32H40F2N2O3. The fourth-order valence-corrected chi connectivity index (χ4v) is 4.86. The van der Waals surface area contributed by atoms with E-state index in [0.29, 0.717) is 23.2 Å². The van der Waals surface area contributed by atoms with Crippen molar-refractivity contribution in [2.24, 2.45) is 5.92 Å². The third-order valence-corrected chi connectivity index (χ3v) is 7.23. The van der Waals surface area contributed by atoms with Crippen LogP contribution >= 0.6 is 0 Å². The molecule has 0 aromatic heterocycles. The lowest BCUT2D eigenvalue weighted by Gasteiger charge is -2.25. The zero-order valence-corrected chi connectivity index (χ0v) is 23.0. The molecule has 0 aliphatic carbocycles. The fourth-order valence-electron chi connectivity index (χ4n) is 4.86. The maximum absolute atomic E-state index is 13.9. The van der Waals surface area contributed by atoms with Crippen LogP contribution < -0.4 is 10.6 Å². The minimum absolute atomic E-state index is 0.0324. The molecular weight excluding hydrogens is 498 g/mol. The summed E-state index contributed by atoms with van der Waals surface area (Å²) < 4.78 is 27.8. The second-order valence-corrected chi connectivity index (χ2v) is 10.1. The van der Waals surface area contributed by atoms with Gasteiger partial charge in [0.25, 0.3) is 5.91 Å². The minimum Gasteiger partial charge on any atom is -0.390 e. The molecule has 0 aliphatic rings. The van der Waals surface area contributed by atoms with Gasteiger partial charge in [0.2, 0.25) is 0 Å². The Balaban J connectivity index is 1.75. The number of benzene rings is 3. The van der Waals surface area contributed by atoms with Crippen LogP contribution in [0.25, 0.3) is 0 Å². The van der Waals surface area contributed by atoms with Crippen molar-refractivity contribution in [3.8, 4) is 0 Å². The average molecular weight is 539 g/mol. The lowest BCUT2D eigenvalue weighted by atomic mass is 9.90. The normalized spacial score (nSPS) is 13.7. The quantitative estimate of drug-likeness (QED) is 0.219. The van der Waals surface area contributed by atoms with Gasteiger partial charge in [-0.2, -0.15) is 0 Å². The SMILES string of the molecule is CCc1cccc(CNC[C@H](O)[C@H](Cc2cc(F)cc(F)c2)NC(=O)c2cccc(C(O)C(CC)CC)c2)c1. The van der Waals surface area contributed by atoms with Crippen LogP contribution in [0.15, 0.2) is 66.7 Å². The van der Waals surface area contributed by atoms with Crippen molar-refractivity contribution < 1.29 is 23.8 Å². The van der Waals surface area contributed by atoms with Crippen molar-refractivity contribution in [3.05, 3.63) is 106 Å². The van der Waals surface area contributed by atoms with Gasteiger partial charge in [-0.15, -0.1) is 0 Å². The van der Waals surface area contributed by atoms with Gasteiger partial charge < -0.3 is 20.8 Å². The van der Waals surface area contributed by atoms with Gasteiger partial charge in [-0.3, -0.25) is 4.79 Å². The van der Waals surface area contributed by atoms with E-state index in [2.05, 4.69) is 29.7 Å². The van der Waals surface area contributed by atoms with E-state index in [9.17, 15) is 23.8 Å². The van der Waals surface area contributed by atoms with Gasteiger partial charge in [-0.25, -0.2) is 8.78 Å². The lowest BCUT2D eigenvalue weighted by molar-refractivity contribution is 0.0828. The van der Waals surface area contributed by atoms with Crippen molar-refractivity contribution in [2.75, 3.05) is 6.54 Å². The van der Waals surface area contributed by atoms with Gasteiger partial charge in [-0.1, -0.05) is 70.0 Å². The molecule has 1 unspecified atom stereocenters. The number of aliphatic hydroxyl groups excluding tert-OH is 2. The second kappa shape index (κ2) is 14.9. The van der Waals surface area contributed by atoms with Crippen LogP contribution in [0.5, 0.6) is 0 Å². The molecule has 3 rings (SSSR count). The molecule has 3 aromatic carbocycles. The summed E-state index contributed by atoms with van der Waals surface area (Å²) in [5, 5.41) is 27.9. The highest BCUT2D eigenvalue weighted by Crippen LogP contribution is 2.27. The number of carbonyl (C=O) groups is 1. The van der Waals surface area contributed by atoms with Gasteiger partial charge in [0.15, 0.2) is 0 Å². The molecule has 0 saturated heterocycles. The Labute approximate surface area is 230 Å². The van der Waals surface area contributed by atoms with Gasteiger partial charge in [-0.05, 0) is 65.3 Å². The predicted octanol–water partition coefficient (Wildman–Crippen LogP) is 5.49. The second-order valence-electron chi connectivity index (χ2n) is 10.1. The first-order chi connectivity index (χ1) is 18.7. The standard InChI is InChI=1S/C32H40F2N2O3/c1-4-21-9-7-10-22(13-21)19-35-20-30(37)29(16-23-14-27(33)18-28(34)15-23)36-32(39)26-12-8-11-25(17-26)31(38)24(5-2)6-3/h7-15,17-18,24,29-31,35,37-38H,4-6,16,19-20H2,1-3H3,(H,36,39)/t29-,30-,31?/m0/s1. The van der Waals surface area contributed by atoms with Crippen LogP contribution in [0.3, 0.4) is 0 Å². The summed E-state index contributed by atoms with van der Waals surface area (Å²) in [5.74, 6) is -1.81. The largest absolute Gasteiger partial charge is 0.390 e. The highest BCUT2D eigenvalue weighted by Gasteiger charge is 2.24. The maximum Gasteiger partial charge on any atom is 0.251 e. The molecule has 3 atom stereocenters. The van der Waals surface area contributed by atoms with Crippen molar-refractivity contribution in [1.82, 2.24) is 10.6 Å². The molecule has 0 spiro atoms. The highest BCUT2D eigenvalue weighted by atomic mass is 19.1. The average Bonchev–Trinajstić information content (AvgIpc) is 2.92. The number of carbonyl (C=O) groups excluding carboxylic acids is 1. The van der Waals surface area contributed by atoms with Gasteiger partial charge in [0.05, 0.1) is 18.2 Å². The molecule has 3 aromatic rings. The van der Waals surface area contributed by atoms with E-state index in [1.165, 1.54) is 17.7 Å². The number of aryl methyl sites for hydroxylation is 1. The first-order valence-electron chi connectivity index (χ1n) is 13.7. The van der Waals surface area contributed by atoms with E-state index in [-0.39, 0.29) is 18.9 Å². The Hall–Kier alpha value is -3.13. The predicted molar refractivity (Wildman–Crippen MR) is 150 cm³/mol. The van der Waals surface area contributed by atoms with E-state index < -0.39 is 35.8 Å². The summed E-state index contributed by atoms with van der Waals surface area (Å²) in [6.07, 6.45) is 0.840. The third-order valence-electron chi connectivity index (χ3n) is 7.23. The molecule has 210 valence electrons. The lowest BCUT2D eigenvalue weighted by Crippen LogP contribution is -2.48. The number of aliphatic hydroxyl groups is 2. The van der Waals surface area contributed by atoms with E-state index in [0.717, 1.165) is 30.9 Å². The number of hydrogen-bond donors (Lipinski definition) is 4.